The first-order valence-electron chi connectivity index (χ1n) is 27.3. The second-order valence-corrected chi connectivity index (χ2v) is 22.0. The molecule has 6 atom stereocenters. The van der Waals surface area contributed by atoms with Crippen molar-refractivity contribution in [2.45, 2.75) is 122 Å². The van der Waals surface area contributed by atoms with Crippen LogP contribution >= 0.6 is 0 Å². The van der Waals surface area contributed by atoms with Crippen LogP contribution in [-0.2, 0) is 25.5 Å². The molecular weight excluding hydrogens is 1010 g/mol. The lowest BCUT2D eigenvalue weighted by Gasteiger charge is -2.36. The van der Waals surface area contributed by atoms with Gasteiger partial charge in [0.25, 0.3) is 0 Å². The van der Waals surface area contributed by atoms with Crippen molar-refractivity contribution in [1.29, 1.82) is 0 Å². The number of piperidine rings is 1. The molecule has 10 rings (SSSR count). The van der Waals surface area contributed by atoms with Crippen LogP contribution in [0.1, 0.15) is 132 Å². The van der Waals surface area contributed by atoms with Gasteiger partial charge in [-0.2, -0.15) is 0 Å². The zero-order valence-electron chi connectivity index (χ0n) is 44.9. The molecule has 0 bridgehead atoms. The number of halogens is 4. The number of amides is 4. The van der Waals surface area contributed by atoms with E-state index in [4.69, 9.17) is 19.4 Å². The molecule has 4 fully saturated rings. The summed E-state index contributed by atoms with van der Waals surface area (Å²) in [5.41, 5.74) is 3.14. The molecule has 0 spiro atoms. The lowest BCUT2D eigenvalue weighted by molar-refractivity contribution is -0.136. The fraction of sp³-hybridized carbons (Fsp3) is 0.483. The molecule has 4 saturated heterocycles. The van der Waals surface area contributed by atoms with Crippen LogP contribution in [0.4, 0.5) is 38.5 Å². The number of aromatic nitrogens is 4. The van der Waals surface area contributed by atoms with E-state index in [0.29, 0.717) is 91.5 Å². The fourth-order valence-corrected chi connectivity index (χ4v) is 12.4. The number of nitrogens with zero attached hydrogens (tertiary/aromatic N) is 6. The molecule has 6 heterocycles. The third-order valence-electron chi connectivity index (χ3n) is 16.4. The number of alkyl carbamates (subject to hydrolysis) is 2. The van der Waals surface area contributed by atoms with Gasteiger partial charge in [0.1, 0.15) is 41.1 Å². The van der Waals surface area contributed by atoms with Crippen molar-refractivity contribution in [2.24, 2.45) is 17.8 Å². The van der Waals surface area contributed by atoms with Gasteiger partial charge in [0.2, 0.25) is 11.8 Å². The minimum Gasteiger partial charge on any atom is -0.453 e. The first kappa shape index (κ1) is 54.0. The number of imidazole rings is 2. The summed E-state index contributed by atoms with van der Waals surface area (Å²) in [5.74, 6) is -2.68. The molecular formula is C58H68F4N10O6. The van der Waals surface area contributed by atoms with E-state index in [1.54, 1.807) is 31.7 Å². The molecule has 16 nitrogen and oxygen atoms in total. The van der Waals surface area contributed by atoms with Crippen molar-refractivity contribution in [2.75, 3.05) is 50.2 Å². The van der Waals surface area contributed by atoms with Gasteiger partial charge in [0, 0.05) is 55.1 Å². The van der Waals surface area contributed by atoms with Crippen LogP contribution in [0, 0.1) is 41.0 Å². The van der Waals surface area contributed by atoms with Gasteiger partial charge in [-0.05, 0) is 105 Å². The molecule has 414 valence electrons. The van der Waals surface area contributed by atoms with E-state index in [0.717, 1.165) is 19.3 Å². The molecule has 78 heavy (non-hydrogen) atoms. The van der Waals surface area contributed by atoms with Crippen LogP contribution < -0.4 is 20.4 Å². The Bertz CT molecular complexity index is 3020. The number of fused-ring (bicyclic) bond motifs is 2. The number of methoxy groups -OCH3 is 2. The minimum atomic E-state index is -0.858. The van der Waals surface area contributed by atoms with Crippen molar-refractivity contribution in [1.82, 2.24) is 40.4 Å². The Morgan fingerprint density at radius 3 is 1.50 bits per heavy atom. The number of hydrogen-bond donors (Lipinski definition) is 4. The van der Waals surface area contributed by atoms with E-state index >= 15 is 17.6 Å². The lowest BCUT2D eigenvalue weighted by atomic mass is 9.90. The quantitative estimate of drug-likeness (QED) is 0.0767. The number of nitrogens with one attached hydrogen (secondary N) is 4. The number of ether oxygens (including phenoxy) is 2. The molecule has 2 aromatic heterocycles. The minimum absolute atomic E-state index is 0.107. The number of anilines is 2. The molecule has 0 unspecified atom stereocenters. The van der Waals surface area contributed by atoms with Crippen LogP contribution in [0.5, 0.6) is 0 Å². The highest BCUT2D eigenvalue weighted by molar-refractivity contribution is 5.88. The van der Waals surface area contributed by atoms with Gasteiger partial charge in [0.05, 0.1) is 60.5 Å². The van der Waals surface area contributed by atoms with E-state index in [9.17, 15) is 19.2 Å². The van der Waals surface area contributed by atoms with Crippen molar-refractivity contribution in [3.63, 3.8) is 0 Å². The summed E-state index contributed by atoms with van der Waals surface area (Å²) in [4.78, 5) is 75.5. The van der Waals surface area contributed by atoms with E-state index in [1.807, 2.05) is 45.9 Å². The number of carbonyl (C=O) groups excluding carboxylic acids is 4. The van der Waals surface area contributed by atoms with Crippen LogP contribution in [0.2, 0.25) is 0 Å². The van der Waals surface area contributed by atoms with E-state index in [-0.39, 0.29) is 59.0 Å². The summed E-state index contributed by atoms with van der Waals surface area (Å²) in [6, 6.07) is 14.2. The first-order valence-corrected chi connectivity index (χ1v) is 27.3. The number of likely N-dealkylation sites (tertiary alicyclic amines) is 2. The monoisotopic (exact) mass is 1080 g/mol. The molecule has 0 radical (unpaired) electrons. The number of hydrogen-bond acceptors (Lipinski definition) is 10. The zero-order chi connectivity index (χ0) is 55.1. The van der Waals surface area contributed by atoms with Gasteiger partial charge >= 0.3 is 12.2 Å². The maximum absolute atomic E-state index is 17.0. The predicted octanol–water partition coefficient (Wildman–Crippen LogP) is 10.6. The third-order valence-corrected chi connectivity index (χ3v) is 16.4. The highest BCUT2D eigenvalue weighted by Gasteiger charge is 2.42. The number of H-pyrrole nitrogens is 2. The van der Waals surface area contributed by atoms with Crippen LogP contribution in [0.3, 0.4) is 0 Å². The van der Waals surface area contributed by atoms with Gasteiger partial charge in [-0.25, -0.2) is 37.1 Å². The molecule has 4 aliphatic heterocycles. The highest BCUT2D eigenvalue weighted by Crippen LogP contribution is 2.50. The smallest absolute Gasteiger partial charge is 0.407 e. The Kier molecular flexibility index (Phi) is 15.6. The Hall–Kier alpha value is -7.38. The second kappa shape index (κ2) is 22.5. The summed E-state index contributed by atoms with van der Waals surface area (Å²) >= 11 is 0. The summed E-state index contributed by atoms with van der Waals surface area (Å²) in [6.07, 6.45) is 3.94. The van der Waals surface area contributed by atoms with Gasteiger partial charge in [-0.3, -0.25) is 9.59 Å². The largest absolute Gasteiger partial charge is 0.453 e. The van der Waals surface area contributed by atoms with Gasteiger partial charge in [-0.15, -0.1) is 0 Å². The number of aromatic amines is 2. The molecule has 4 aromatic carbocycles. The molecule has 0 aliphatic carbocycles. The maximum Gasteiger partial charge on any atom is 0.407 e. The van der Waals surface area contributed by atoms with Crippen LogP contribution in [0.25, 0.3) is 22.1 Å². The second-order valence-electron chi connectivity index (χ2n) is 22.0. The topological polar surface area (TPSA) is 181 Å². The van der Waals surface area contributed by atoms with Crippen molar-refractivity contribution >= 4 is 57.4 Å². The fourth-order valence-electron chi connectivity index (χ4n) is 12.4. The summed E-state index contributed by atoms with van der Waals surface area (Å²) in [5, 5.41) is 5.31. The van der Waals surface area contributed by atoms with Crippen molar-refractivity contribution in [3.05, 3.63) is 118 Å². The van der Waals surface area contributed by atoms with Gasteiger partial charge in [0.15, 0.2) is 11.6 Å². The highest BCUT2D eigenvalue weighted by atomic mass is 19.1. The third kappa shape index (κ3) is 10.7. The first-order chi connectivity index (χ1) is 37.5. The molecule has 4 N–H and O–H groups in total. The summed E-state index contributed by atoms with van der Waals surface area (Å²) in [6.45, 7) is 9.05. The van der Waals surface area contributed by atoms with Gasteiger partial charge < -0.3 is 49.7 Å². The SMILES string of the molecule is COC(=O)N[C@H](C(=O)N1CCC[C@H]1c1nc2cc(F)c([C@H]3CC[C@H](c4cc5[nH]c([C@@H]6CCCN6C(=O)[C@@H](NC(=O)OC)C(C)C)nc5cc4F)N3c3cc(F)c(N4CCC(Cc5ccccc5)CC4)c(F)c3)cc2[nH]1)C(C)C. The molecule has 6 aromatic rings. The number of benzene rings is 4. The molecule has 4 aliphatic rings. The summed E-state index contributed by atoms with van der Waals surface area (Å²) < 4.78 is 77.3. The normalized spacial score (nSPS) is 20.8. The molecule has 4 amide bonds. The average molecular weight is 1080 g/mol. The van der Waals surface area contributed by atoms with E-state index in [1.165, 1.54) is 44.0 Å². The predicted molar refractivity (Wildman–Crippen MR) is 286 cm³/mol. The Labute approximate surface area is 450 Å². The van der Waals surface area contributed by atoms with Crippen LogP contribution in [0.15, 0.2) is 66.7 Å². The average Bonchev–Trinajstić information content (AvgIpc) is 4.33. The van der Waals surface area contributed by atoms with Crippen molar-refractivity contribution in [3.8, 4) is 0 Å². The lowest BCUT2D eigenvalue weighted by Crippen LogP contribution is -2.51. The number of rotatable bonds is 14. The molecule has 20 heteroatoms. The standard InChI is InChI=1S/C58H68F4N10O6/c1-31(2)50(67-57(75)77-5)55(73)70-20-10-14-48(70)53-63-42-27-36(38(59)29-44(42)65-53)46-16-17-47(72(46)35-25-40(61)52(41(62)26-35)69-22-18-34(19-23-69)24-33-12-8-7-9-13-33)37-28-43-45(30-39(37)60)66-54(64-43)49-15-11-21-71(49)56(74)51(32(3)4)68-58(76)78-6/h7-9,12-13,25-32,34,46-51H,10-11,14-24H2,1-6H3,(H,63,65)(H,64,66)(H,67,75)(H,68,76)/t46-,47-,48+,49+,50+,51+/m1/s1. The maximum atomic E-state index is 17.0. The Morgan fingerprint density at radius 1 is 0.603 bits per heavy atom. The van der Waals surface area contributed by atoms with E-state index < -0.39 is 71.7 Å². The van der Waals surface area contributed by atoms with Gasteiger partial charge in [-0.1, -0.05) is 58.0 Å². The Balaban J connectivity index is 0.986. The van der Waals surface area contributed by atoms with Crippen LogP contribution in [-0.4, -0.2) is 106 Å². The zero-order valence-corrected chi connectivity index (χ0v) is 44.9. The van der Waals surface area contributed by atoms with Crippen molar-refractivity contribution < 1.29 is 46.2 Å². The number of carbonyl (C=O) groups is 4. The van der Waals surface area contributed by atoms with E-state index in [2.05, 4.69) is 32.7 Å². The Morgan fingerprint density at radius 2 is 1.06 bits per heavy atom. The molecule has 0 saturated carbocycles. The summed E-state index contributed by atoms with van der Waals surface area (Å²) in [7, 11) is 2.46.